The zero-order chi connectivity index (χ0) is 14.9. The first-order valence-corrected chi connectivity index (χ1v) is 6.60. The number of alkyl halides is 3. The summed E-state index contributed by atoms with van der Waals surface area (Å²) in [5, 5.41) is 2.71. The molecule has 0 atom stereocenters. The van der Waals surface area contributed by atoms with Crippen LogP contribution in [-0.2, 0) is 12.7 Å². The van der Waals surface area contributed by atoms with E-state index in [1.807, 2.05) is 0 Å². The van der Waals surface area contributed by atoms with Crippen molar-refractivity contribution in [3.63, 3.8) is 0 Å². The number of benzene rings is 1. The van der Waals surface area contributed by atoms with Gasteiger partial charge in [-0.25, -0.2) is 4.98 Å². The number of halogens is 4. The lowest BCUT2D eigenvalue weighted by atomic mass is 10.1. The summed E-state index contributed by atoms with van der Waals surface area (Å²) >= 11 is 3.16. The van der Waals surface area contributed by atoms with Crippen molar-refractivity contribution in [3.05, 3.63) is 45.6 Å². The number of nitrogens with one attached hydrogen (secondary N) is 1. The summed E-state index contributed by atoms with van der Waals surface area (Å²) in [6.45, 7) is 3.63. The molecule has 0 saturated heterocycles. The van der Waals surface area contributed by atoms with Crippen LogP contribution in [0.25, 0.3) is 0 Å². The second-order valence-electron chi connectivity index (χ2n) is 4.29. The molecule has 108 valence electrons. The molecule has 7 heteroatoms. The fraction of sp³-hybridized carbons (Fsp3) is 0.308. The van der Waals surface area contributed by atoms with Gasteiger partial charge in [0.15, 0.2) is 0 Å². The van der Waals surface area contributed by atoms with Crippen LogP contribution in [0, 0.1) is 13.8 Å². The number of rotatable bonds is 3. The molecule has 0 aliphatic heterocycles. The number of hydrogen-bond donors (Lipinski definition) is 1. The maximum absolute atomic E-state index is 12.9. The molecule has 0 spiro atoms. The Labute approximate surface area is 122 Å². The summed E-state index contributed by atoms with van der Waals surface area (Å²) in [4.78, 5) is 4.12. The van der Waals surface area contributed by atoms with E-state index in [4.69, 9.17) is 4.42 Å². The third-order valence-electron chi connectivity index (χ3n) is 2.79. The van der Waals surface area contributed by atoms with Crippen molar-refractivity contribution in [3.8, 4) is 0 Å². The number of aryl methyl sites for hydroxylation is 2. The van der Waals surface area contributed by atoms with Crippen molar-refractivity contribution in [1.82, 2.24) is 4.98 Å². The molecule has 1 aromatic heterocycles. The topological polar surface area (TPSA) is 38.1 Å². The molecule has 0 radical (unpaired) electrons. The summed E-state index contributed by atoms with van der Waals surface area (Å²) in [7, 11) is 0. The van der Waals surface area contributed by atoms with E-state index in [-0.39, 0.29) is 12.2 Å². The maximum Gasteiger partial charge on any atom is 0.418 e. The molecule has 2 rings (SSSR count). The van der Waals surface area contributed by atoms with Crippen molar-refractivity contribution >= 4 is 21.6 Å². The molecule has 0 bridgehead atoms. The molecule has 1 aromatic carbocycles. The van der Waals surface area contributed by atoms with Crippen LogP contribution in [0.5, 0.6) is 0 Å². The monoisotopic (exact) mass is 348 g/mol. The minimum absolute atomic E-state index is 0.0135. The van der Waals surface area contributed by atoms with Gasteiger partial charge in [-0.05, 0) is 32.0 Å². The Kier molecular flexibility index (Phi) is 4.08. The van der Waals surface area contributed by atoms with E-state index in [1.54, 1.807) is 13.8 Å². The van der Waals surface area contributed by atoms with Gasteiger partial charge in [0.1, 0.15) is 5.76 Å². The van der Waals surface area contributed by atoms with Crippen LogP contribution in [0.3, 0.4) is 0 Å². The van der Waals surface area contributed by atoms with Crippen LogP contribution in [-0.4, -0.2) is 4.98 Å². The highest BCUT2D eigenvalue weighted by Gasteiger charge is 2.33. The van der Waals surface area contributed by atoms with Crippen LogP contribution in [0.2, 0.25) is 0 Å². The number of anilines is 1. The molecule has 0 fully saturated rings. The van der Waals surface area contributed by atoms with E-state index in [1.165, 1.54) is 12.1 Å². The zero-order valence-electron chi connectivity index (χ0n) is 10.8. The SMILES string of the molecule is Cc1nc(CNc2cc(Br)ccc2C(F)(F)F)oc1C. The van der Waals surface area contributed by atoms with Gasteiger partial charge in [-0.15, -0.1) is 0 Å². The predicted molar refractivity (Wildman–Crippen MR) is 72.4 cm³/mol. The lowest BCUT2D eigenvalue weighted by molar-refractivity contribution is -0.137. The smallest absolute Gasteiger partial charge is 0.418 e. The standard InChI is InChI=1S/C13H12BrF3N2O/c1-7-8(2)20-12(19-7)6-18-11-5-9(14)3-4-10(11)13(15,16)17/h3-5,18H,6H2,1-2H3. The molecule has 0 aliphatic carbocycles. The molecule has 3 nitrogen and oxygen atoms in total. The fourth-order valence-corrected chi connectivity index (χ4v) is 2.06. The highest BCUT2D eigenvalue weighted by atomic mass is 79.9. The number of aromatic nitrogens is 1. The molecule has 0 unspecified atom stereocenters. The van der Waals surface area contributed by atoms with E-state index in [9.17, 15) is 13.2 Å². The number of nitrogens with zero attached hydrogens (tertiary/aromatic N) is 1. The maximum atomic E-state index is 12.9. The van der Waals surface area contributed by atoms with Crippen molar-refractivity contribution in [2.45, 2.75) is 26.6 Å². The van der Waals surface area contributed by atoms with Crippen LogP contribution < -0.4 is 5.32 Å². The molecule has 20 heavy (non-hydrogen) atoms. The van der Waals surface area contributed by atoms with Gasteiger partial charge in [0, 0.05) is 10.2 Å². The van der Waals surface area contributed by atoms with Crippen LogP contribution in [0.15, 0.2) is 27.1 Å². The first-order valence-electron chi connectivity index (χ1n) is 5.81. The molecular formula is C13H12BrF3N2O. The lowest BCUT2D eigenvalue weighted by Crippen LogP contribution is -2.11. The van der Waals surface area contributed by atoms with E-state index in [0.717, 1.165) is 11.8 Å². The van der Waals surface area contributed by atoms with Gasteiger partial charge in [-0.3, -0.25) is 0 Å². The van der Waals surface area contributed by atoms with Gasteiger partial charge in [-0.1, -0.05) is 15.9 Å². The highest BCUT2D eigenvalue weighted by molar-refractivity contribution is 9.10. The van der Waals surface area contributed by atoms with Crippen LogP contribution in [0.1, 0.15) is 22.9 Å². The third-order valence-corrected chi connectivity index (χ3v) is 3.28. The van der Waals surface area contributed by atoms with Gasteiger partial charge in [-0.2, -0.15) is 13.2 Å². The minimum atomic E-state index is -4.41. The summed E-state index contributed by atoms with van der Waals surface area (Å²) in [6.07, 6.45) is -4.41. The highest BCUT2D eigenvalue weighted by Crippen LogP contribution is 2.36. The number of hydrogen-bond acceptors (Lipinski definition) is 3. The molecule has 0 aliphatic rings. The average Bonchev–Trinajstić information content (AvgIpc) is 2.65. The lowest BCUT2D eigenvalue weighted by Gasteiger charge is -2.14. The van der Waals surface area contributed by atoms with Gasteiger partial charge in [0.05, 0.1) is 17.8 Å². The molecule has 0 amide bonds. The normalized spacial score (nSPS) is 11.7. The summed E-state index contributed by atoms with van der Waals surface area (Å²) in [6, 6.07) is 3.76. The van der Waals surface area contributed by atoms with Crippen molar-refractivity contribution in [2.24, 2.45) is 0 Å². The first kappa shape index (κ1) is 14.9. The Morgan fingerprint density at radius 3 is 2.55 bits per heavy atom. The third kappa shape index (κ3) is 3.33. The van der Waals surface area contributed by atoms with E-state index in [2.05, 4.69) is 26.2 Å². The van der Waals surface area contributed by atoms with Gasteiger partial charge in [0.2, 0.25) is 5.89 Å². The zero-order valence-corrected chi connectivity index (χ0v) is 12.4. The van der Waals surface area contributed by atoms with Gasteiger partial charge < -0.3 is 9.73 Å². The fourth-order valence-electron chi connectivity index (χ4n) is 1.70. The second-order valence-corrected chi connectivity index (χ2v) is 5.21. The van der Waals surface area contributed by atoms with Gasteiger partial charge in [0.25, 0.3) is 0 Å². The largest absolute Gasteiger partial charge is 0.444 e. The Morgan fingerprint density at radius 2 is 2.00 bits per heavy atom. The molecule has 2 aromatic rings. The van der Waals surface area contributed by atoms with E-state index >= 15 is 0 Å². The van der Waals surface area contributed by atoms with Crippen molar-refractivity contribution in [2.75, 3.05) is 5.32 Å². The van der Waals surface area contributed by atoms with Crippen molar-refractivity contribution < 1.29 is 17.6 Å². The minimum Gasteiger partial charge on any atom is -0.444 e. The predicted octanol–water partition coefficient (Wildman–Crippen LogP) is 4.68. The molecular weight excluding hydrogens is 337 g/mol. The summed E-state index contributed by atoms with van der Waals surface area (Å²) in [5.74, 6) is 1.01. The molecule has 1 N–H and O–H groups in total. The summed E-state index contributed by atoms with van der Waals surface area (Å²) < 4.78 is 44.5. The van der Waals surface area contributed by atoms with Crippen molar-refractivity contribution in [1.29, 1.82) is 0 Å². The first-order chi connectivity index (χ1) is 9.27. The second kappa shape index (κ2) is 5.47. The molecule has 0 saturated carbocycles. The Balaban J connectivity index is 2.22. The Morgan fingerprint density at radius 1 is 1.30 bits per heavy atom. The Bertz CT molecular complexity index is 603. The van der Waals surface area contributed by atoms with E-state index < -0.39 is 11.7 Å². The van der Waals surface area contributed by atoms with Crippen LogP contribution in [0.4, 0.5) is 18.9 Å². The quantitative estimate of drug-likeness (QED) is 0.874. The number of oxazole rings is 1. The average molecular weight is 349 g/mol. The summed E-state index contributed by atoms with van der Waals surface area (Å²) in [5.41, 5.74) is -0.00633. The Hall–Kier alpha value is -1.50. The molecule has 1 heterocycles. The van der Waals surface area contributed by atoms with E-state index in [0.29, 0.717) is 16.1 Å². The van der Waals surface area contributed by atoms with Gasteiger partial charge >= 0.3 is 6.18 Å². The van der Waals surface area contributed by atoms with Crippen LogP contribution >= 0.6 is 15.9 Å².